The van der Waals surface area contributed by atoms with Crippen molar-refractivity contribution in [1.29, 1.82) is 0 Å². The van der Waals surface area contributed by atoms with Gasteiger partial charge >= 0.3 is 12.1 Å². The van der Waals surface area contributed by atoms with Gasteiger partial charge in [-0.2, -0.15) is 0 Å². The Balaban J connectivity index is 1.84. The minimum atomic E-state index is -1.10. The number of hydrogen-bond acceptors (Lipinski definition) is 5. The topological polar surface area (TPSA) is 134 Å². The lowest BCUT2D eigenvalue weighted by Gasteiger charge is -2.29. The van der Waals surface area contributed by atoms with Gasteiger partial charge in [0.15, 0.2) is 6.04 Å². The highest BCUT2D eigenvalue weighted by atomic mass is 16.6. The molecule has 1 fully saturated rings. The van der Waals surface area contributed by atoms with Gasteiger partial charge in [0.2, 0.25) is 11.8 Å². The van der Waals surface area contributed by atoms with Crippen molar-refractivity contribution in [2.24, 2.45) is 17.8 Å². The predicted molar refractivity (Wildman–Crippen MR) is 136 cm³/mol. The molecular weight excluding hydrogens is 462 g/mol. The minimum Gasteiger partial charge on any atom is -0.479 e. The van der Waals surface area contributed by atoms with E-state index in [1.165, 1.54) is 0 Å². The van der Waals surface area contributed by atoms with Crippen molar-refractivity contribution in [1.82, 2.24) is 16.0 Å². The monoisotopic (exact) mass is 503 g/mol. The molecule has 2 rings (SSSR count). The number of nitrogens with one attached hydrogen (secondary N) is 3. The summed E-state index contributed by atoms with van der Waals surface area (Å²) in [6.07, 6.45) is 2.61. The van der Waals surface area contributed by atoms with E-state index >= 15 is 0 Å². The number of hydrogen-bond donors (Lipinski definition) is 4. The van der Waals surface area contributed by atoms with Gasteiger partial charge in [0.25, 0.3) is 0 Å². The van der Waals surface area contributed by atoms with Crippen LogP contribution in [0.2, 0.25) is 0 Å². The summed E-state index contributed by atoms with van der Waals surface area (Å²) >= 11 is 0. The Kier molecular flexibility index (Phi) is 10.7. The lowest BCUT2D eigenvalue weighted by Crippen LogP contribution is -2.49. The molecule has 9 nitrogen and oxygen atoms in total. The first-order valence-electron chi connectivity index (χ1n) is 12.7. The molecule has 2 atom stereocenters. The SMILES string of the molecule is CC(C)C[C@H](NC(=O)OC(C)(C)C)C(=O)NCC1CCC(C(=O)N[C@@H](C(=O)O)c2ccccc2)CC1. The first-order chi connectivity index (χ1) is 16.9. The lowest BCUT2D eigenvalue weighted by molar-refractivity contribution is -0.143. The first kappa shape index (κ1) is 29.1. The van der Waals surface area contributed by atoms with Gasteiger partial charge in [0, 0.05) is 12.5 Å². The fourth-order valence-electron chi connectivity index (χ4n) is 4.34. The van der Waals surface area contributed by atoms with Crippen molar-refractivity contribution >= 4 is 23.9 Å². The van der Waals surface area contributed by atoms with Crippen LogP contribution in [0.25, 0.3) is 0 Å². The van der Waals surface area contributed by atoms with Crippen LogP contribution in [0.1, 0.15) is 78.3 Å². The number of alkyl carbamates (subject to hydrolysis) is 1. The summed E-state index contributed by atoms with van der Waals surface area (Å²) in [6, 6.07) is 6.88. The summed E-state index contributed by atoms with van der Waals surface area (Å²) in [6.45, 7) is 9.73. The Bertz CT molecular complexity index is 889. The molecule has 1 saturated carbocycles. The zero-order chi connectivity index (χ0) is 26.9. The molecule has 0 bridgehead atoms. The van der Waals surface area contributed by atoms with E-state index in [0.29, 0.717) is 31.4 Å². The fraction of sp³-hybridized carbons (Fsp3) is 0.630. The van der Waals surface area contributed by atoms with Gasteiger partial charge in [0.1, 0.15) is 11.6 Å². The van der Waals surface area contributed by atoms with Crippen molar-refractivity contribution in [3.8, 4) is 0 Å². The van der Waals surface area contributed by atoms with E-state index in [4.69, 9.17) is 4.74 Å². The second-order valence-electron chi connectivity index (χ2n) is 11.0. The Morgan fingerprint density at radius 2 is 1.61 bits per heavy atom. The second kappa shape index (κ2) is 13.3. The maximum Gasteiger partial charge on any atom is 0.408 e. The van der Waals surface area contributed by atoms with Crippen LogP contribution in [0.3, 0.4) is 0 Å². The molecule has 200 valence electrons. The number of amides is 3. The third-order valence-corrected chi connectivity index (χ3v) is 6.16. The third-order valence-electron chi connectivity index (χ3n) is 6.16. The molecule has 1 aliphatic carbocycles. The van der Waals surface area contributed by atoms with Crippen molar-refractivity contribution in [3.63, 3.8) is 0 Å². The number of carboxylic acids is 1. The lowest BCUT2D eigenvalue weighted by atomic mass is 9.81. The van der Waals surface area contributed by atoms with Gasteiger partial charge < -0.3 is 25.8 Å². The highest BCUT2D eigenvalue weighted by Gasteiger charge is 2.31. The van der Waals surface area contributed by atoms with E-state index in [1.807, 2.05) is 13.8 Å². The second-order valence-corrected chi connectivity index (χ2v) is 11.0. The summed E-state index contributed by atoms with van der Waals surface area (Å²) in [4.78, 5) is 49.4. The van der Waals surface area contributed by atoms with Crippen LogP contribution >= 0.6 is 0 Å². The van der Waals surface area contributed by atoms with Crippen LogP contribution in [0.4, 0.5) is 4.79 Å². The molecule has 0 radical (unpaired) electrons. The molecule has 3 amide bonds. The number of benzene rings is 1. The summed E-state index contributed by atoms with van der Waals surface area (Å²) in [5, 5.41) is 17.9. The molecule has 0 aliphatic heterocycles. The van der Waals surface area contributed by atoms with E-state index in [0.717, 1.165) is 12.8 Å². The summed E-state index contributed by atoms with van der Waals surface area (Å²) in [5.41, 5.74) is -0.120. The van der Waals surface area contributed by atoms with Crippen molar-refractivity contribution < 1.29 is 29.0 Å². The standard InChI is InChI=1S/C27H41N3O6/c1-17(2)15-21(29-26(35)36-27(3,4)5)24(32)28-16-18-11-13-20(14-12-18)23(31)30-22(25(33)34)19-9-7-6-8-10-19/h6-10,17-18,20-22H,11-16H2,1-5H3,(H,28,32)(H,29,35)(H,30,31)(H,33,34)/t18?,20?,21-,22+/m0/s1. The van der Waals surface area contributed by atoms with E-state index in [9.17, 15) is 24.3 Å². The largest absolute Gasteiger partial charge is 0.479 e. The third kappa shape index (κ3) is 9.87. The molecule has 1 aromatic carbocycles. The van der Waals surface area contributed by atoms with Crippen molar-refractivity contribution in [3.05, 3.63) is 35.9 Å². The molecule has 1 aliphatic rings. The minimum absolute atomic E-state index is 0.204. The molecule has 0 spiro atoms. The van der Waals surface area contributed by atoms with Crippen molar-refractivity contribution in [2.45, 2.75) is 84.4 Å². The van der Waals surface area contributed by atoms with Gasteiger partial charge in [-0.05, 0) is 70.3 Å². The molecule has 0 saturated heterocycles. The van der Waals surface area contributed by atoms with Gasteiger partial charge in [0.05, 0.1) is 0 Å². The summed E-state index contributed by atoms with van der Waals surface area (Å²) in [7, 11) is 0. The zero-order valence-corrected chi connectivity index (χ0v) is 22.0. The molecule has 0 aromatic heterocycles. The number of carbonyl (C=O) groups excluding carboxylic acids is 3. The molecule has 0 heterocycles. The van der Waals surface area contributed by atoms with E-state index < -0.39 is 29.7 Å². The summed E-state index contributed by atoms with van der Waals surface area (Å²) < 4.78 is 5.29. The van der Waals surface area contributed by atoms with E-state index in [-0.39, 0.29) is 29.6 Å². The van der Waals surface area contributed by atoms with E-state index in [2.05, 4.69) is 16.0 Å². The normalized spacial score (nSPS) is 19.6. The highest BCUT2D eigenvalue weighted by molar-refractivity contribution is 5.86. The van der Waals surface area contributed by atoms with Gasteiger partial charge in [-0.15, -0.1) is 0 Å². The van der Waals surface area contributed by atoms with Gasteiger partial charge in [-0.25, -0.2) is 9.59 Å². The maximum atomic E-state index is 12.8. The van der Waals surface area contributed by atoms with E-state index in [1.54, 1.807) is 51.1 Å². The Morgan fingerprint density at radius 3 is 2.14 bits per heavy atom. The smallest absolute Gasteiger partial charge is 0.408 e. The maximum absolute atomic E-state index is 12.8. The number of ether oxygens (including phenoxy) is 1. The quantitative estimate of drug-likeness (QED) is 0.384. The predicted octanol–water partition coefficient (Wildman–Crippen LogP) is 3.79. The highest BCUT2D eigenvalue weighted by Crippen LogP contribution is 2.29. The van der Waals surface area contributed by atoms with Crippen molar-refractivity contribution in [2.75, 3.05) is 6.54 Å². The average molecular weight is 504 g/mol. The average Bonchev–Trinajstić information content (AvgIpc) is 2.79. The molecule has 36 heavy (non-hydrogen) atoms. The number of aliphatic carboxylic acids is 1. The zero-order valence-electron chi connectivity index (χ0n) is 22.0. The molecule has 1 aromatic rings. The fourth-order valence-corrected chi connectivity index (χ4v) is 4.34. The molecule has 9 heteroatoms. The Labute approximate surface area is 213 Å². The number of carbonyl (C=O) groups is 4. The molecule has 0 unspecified atom stereocenters. The van der Waals surface area contributed by atoms with Crippen LogP contribution in [0.15, 0.2) is 30.3 Å². The summed E-state index contributed by atoms with van der Waals surface area (Å²) in [5.74, 6) is -1.44. The van der Waals surface area contributed by atoms with Crippen LogP contribution < -0.4 is 16.0 Å². The molecule has 4 N–H and O–H groups in total. The van der Waals surface area contributed by atoms with Gasteiger partial charge in [-0.3, -0.25) is 9.59 Å². The van der Waals surface area contributed by atoms with Gasteiger partial charge in [-0.1, -0.05) is 44.2 Å². The Morgan fingerprint density at radius 1 is 1.00 bits per heavy atom. The molecular formula is C27H41N3O6. The first-order valence-corrected chi connectivity index (χ1v) is 12.7. The van der Waals surface area contributed by atoms with Crippen LogP contribution in [-0.2, 0) is 19.1 Å². The van der Waals surface area contributed by atoms with Crippen LogP contribution in [0, 0.1) is 17.8 Å². The number of carboxylic acid groups (broad SMARTS) is 1. The van der Waals surface area contributed by atoms with Crippen LogP contribution in [0.5, 0.6) is 0 Å². The Hall–Kier alpha value is -3.10. The van der Waals surface area contributed by atoms with Crippen LogP contribution in [-0.4, -0.2) is 47.2 Å². The number of rotatable bonds is 10.